The van der Waals surface area contributed by atoms with Crippen LogP contribution < -0.4 is 10.1 Å². The molecule has 0 unspecified atom stereocenters. The molecule has 0 spiro atoms. The third-order valence-electron chi connectivity index (χ3n) is 3.05. The molecule has 0 aromatic carbocycles. The van der Waals surface area contributed by atoms with E-state index in [0.717, 1.165) is 32.1 Å². The van der Waals surface area contributed by atoms with Crippen molar-refractivity contribution in [2.45, 2.75) is 51.2 Å². The van der Waals surface area contributed by atoms with Gasteiger partial charge < -0.3 is 15.2 Å². The van der Waals surface area contributed by atoms with Crippen LogP contribution in [0.2, 0.25) is 5.28 Å². The predicted octanol–water partition coefficient (Wildman–Crippen LogP) is 2.03. The van der Waals surface area contributed by atoms with E-state index in [1.165, 1.54) is 0 Å². The molecule has 2 N–H and O–H groups in total. The zero-order valence-corrected chi connectivity index (χ0v) is 11.7. The summed E-state index contributed by atoms with van der Waals surface area (Å²) in [5, 5.41) is 12.8. The fourth-order valence-corrected chi connectivity index (χ4v) is 2.21. The van der Waals surface area contributed by atoms with Crippen LogP contribution in [0.5, 0.6) is 6.01 Å². The van der Waals surface area contributed by atoms with E-state index in [9.17, 15) is 5.11 Å². The van der Waals surface area contributed by atoms with Crippen LogP contribution in [0.3, 0.4) is 0 Å². The van der Waals surface area contributed by atoms with Crippen molar-refractivity contribution in [3.63, 3.8) is 0 Å². The number of aromatic nitrogens is 3. The van der Waals surface area contributed by atoms with Crippen LogP contribution in [0.1, 0.15) is 39.0 Å². The van der Waals surface area contributed by atoms with Crippen molar-refractivity contribution in [1.29, 1.82) is 0 Å². The van der Waals surface area contributed by atoms with Crippen LogP contribution in [0.25, 0.3) is 0 Å². The number of nitrogens with zero attached hydrogens (tertiary/aromatic N) is 3. The second-order valence-electron chi connectivity index (χ2n) is 4.71. The molecule has 0 atom stereocenters. The van der Waals surface area contributed by atoms with Crippen LogP contribution in [-0.2, 0) is 0 Å². The number of rotatable bonds is 5. The highest BCUT2D eigenvalue weighted by Gasteiger charge is 2.20. The maximum Gasteiger partial charge on any atom is 0.322 e. The molecule has 1 aliphatic rings. The maximum atomic E-state index is 9.47. The molecule has 0 saturated heterocycles. The molecule has 1 fully saturated rings. The number of ether oxygens (including phenoxy) is 1. The molecule has 106 valence electrons. The van der Waals surface area contributed by atoms with Gasteiger partial charge in [0.15, 0.2) is 0 Å². The van der Waals surface area contributed by atoms with Crippen LogP contribution in [-0.4, -0.2) is 38.8 Å². The molecular formula is C12H19ClN4O2. The third kappa shape index (κ3) is 4.47. The van der Waals surface area contributed by atoms with Crippen molar-refractivity contribution in [3.8, 4) is 6.01 Å². The van der Waals surface area contributed by atoms with Gasteiger partial charge in [0.2, 0.25) is 11.2 Å². The van der Waals surface area contributed by atoms with Crippen LogP contribution in [0, 0.1) is 0 Å². The number of hydrogen-bond donors (Lipinski definition) is 2. The lowest BCUT2D eigenvalue weighted by Crippen LogP contribution is -2.29. The van der Waals surface area contributed by atoms with Crippen LogP contribution in [0.4, 0.5) is 5.95 Å². The summed E-state index contributed by atoms with van der Waals surface area (Å²) in [6, 6.07) is 0.515. The number of halogens is 1. The standard InChI is InChI=1S/C12H19ClN4O2/c1-2-7-19-12-16-10(13)15-11(17-12)14-8-3-5-9(18)6-4-8/h8-9,18H,2-7H2,1H3,(H,14,15,16,17). The Morgan fingerprint density at radius 3 is 2.68 bits per heavy atom. The van der Waals surface area contributed by atoms with E-state index in [0.29, 0.717) is 12.6 Å². The molecular weight excluding hydrogens is 268 g/mol. The van der Waals surface area contributed by atoms with Crippen molar-refractivity contribution in [2.24, 2.45) is 0 Å². The van der Waals surface area contributed by atoms with Crippen molar-refractivity contribution in [1.82, 2.24) is 15.0 Å². The Labute approximate surface area is 117 Å². The summed E-state index contributed by atoms with van der Waals surface area (Å²) in [5.41, 5.74) is 0. The number of aliphatic hydroxyl groups excluding tert-OH is 1. The van der Waals surface area contributed by atoms with Crippen molar-refractivity contribution >= 4 is 17.5 Å². The first kappa shape index (κ1) is 14.3. The second kappa shape index (κ2) is 6.86. The summed E-state index contributed by atoms with van der Waals surface area (Å²) in [4.78, 5) is 12.1. The summed E-state index contributed by atoms with van der Waals surface area (Å²) >= 11 is 5.85. The zero-order chi connectivity index (χ0) is 13.7. The Bertz CT molecular complexity index is 411. The maximum absolute atomic E-state index is 9.47. The van der Waals surface area contributed by atoms with Gasteiger partial charge in [-0.25, -0.2) is 0 Å². The Balaban J connectivity index is 1.97. The third-order valence-corrected chi connectivity index (χ3v) is 3.22. The van der Waals surface area contributed by atoms with Gasteiger partial charge in [0.25, 0.3) is 0 Å². The van der Waals surface area contributed by atoms with E-state index < -0.39 is 0 Å². The molecule has 1 aromatic rings. The lowest BCUT2D eigenvalue weighted by Gasteiger charge is -2.26. The molecule has 1 aromatic heterocycles. The van der Waals surface area contributed by atoms with E-state index in [4.69, 9.17) is 16.3 Å². The van der Waals surface area contributed by atoms with Crippen molar-refractivity contribution < 1.29 is 9.84 Å². The number of nitrogens with one attached hydrogen (secondary N) is 1. The van der Waals surface area contributed by atoms with Crippen molar-refractivity contribution in [3.05, 3.63) is 5.28 Å². The van der Waals surface area contributed by atoms with Gasteiger partial charge in [0, 0.05) is 6.04 Å². The minimum atomic E-state index is -0.177. The average molecular weight is 287 g/mol. The quantitative estimate of drug-likeness (QED) is 0.862. The highest BCUT2D eigenvalue weighted by Crippen LogP contribution is 2.21. The fourth-order valence-electron chi connectivity index (χ4n) is 2.06. The topological polar surface area (TPSA) is 80.2 Å². The summed E-state index contributed by atoms with van der Waals surface area (Å²) in [7, 11) is 0. The average Bonchev–Trinajstić information content (AvgIpc) is 2.38. The van der Waals surface area contributed by atoms with Gasteiger partial charge in [0.1, 0.15) is 0 Å². The molecule has 0 radical (unpaired) electrons. The van der Waals surface area contributed by atoms with Gasteiger partial charge in [-0.1, -0.05) is 6.92 Å². The molecule has 1 saturated carbocycles. The Morgan fingerprint density at radius 1 is 1.26 bits per heavy atom. The lowest BCUT2D eigenvalue weighted by molar-refractivity contribution is 0.126. The Kier molecular flexibility index (Phi) is 5.15. The van der Waals surface area contributed by atoms with Gasteiger partial charge in [-0.2, -0.15) is 15.0 Å². The Hall–Kier alpha value is -1.14. The molecule has 2 rings (SSSR count). The monoisotopic (exact) mass is 286 g/mol. The summed E-state index contributed by atoms with van der Waals surface area (Å²) in [5.74, 6) is 0.437. The first-order valence-corrected chi connectivity index (χ1v) is 7.04. The SMILES string of the molecule is CCCOc1nc(Cl)nc(NC2CCC(O)CC2)n1. The van der Waals surface area contributed by atoms with Gasteiger partial charge in [-0.15, -0.1) is 0 Å². The molecule has 0 bridgehead atoms. The van der Waals surface area contributed by atoms with E-state index in [-0.39, 0.29) is 23.4 Å². The number of aliphatic hydroxyl groups is 1. The lowest BCUT2D eigenvalue weighted by atomic mass is 9.93. The minimum Gasteiger partial charge on any atom is -0.463 e. The van der Waals surface area contributed by atoms with E-state index in [1.54, 1.807) is 0 Å². The normalized spacial score (nSPS) is 23.1. The fraction of sp³-hybridized carbons (Fsp3) is 0.750. The Morgan fingerprint density at radius 2 is 2.00 bits per heavy atom. The van der Waals surface area contributed by atoms with E-state index in [1.807, 2.05) is 6.92 Å². The largest absolute Gasteiger partial charge is 0.463 e. The summed E-state index contributed by atoms with van der Waals surface area (Å²) < 4.78 is 5.36. The highest BCUT2D eigenvalue weighted by atomic mass is 35.5. The van der Waals surface area contributed by atoms with Gasteiger partial charge in [-0.05, 0) is 43.7 Å². The first-order chi connectivity index (χ1) is 9.17. The highest BCUT2D eigenvalue weighted by molar-refractivity contribution is 6.28. The molecule has 19 heavy (non-hydrogen) atoms. The molecule has 1 aliphatic carbocycles. The molecule has 7 heteroatoms. The molecule has 1 heterocycles. The molecule has 0 aliphatic heterocycles. The van der Waals surface area contributed by atoms with Crippen LogP contribution in [0.15, 0.2) is 0 Å². The van der Waals surface area contributed by atoms with Gasteiger partial charge in [0.05, 0.1) is 12.7 Å². The smallest absolute Gasteiger partial charge is 0.322 e. The van der Waals surface area contributed by atoms with Crippen molar-refractivity contribution in [2.75, 3.05) is 11.9 Å². The zero-order valence-electron chi connectivity index (χ0n) is 11.0. The summed E-state index contributed by atoms with van der Waals surface area (Å²) in [6.45, 7) is 2.56. The minimum absolute atomic E-state index is 0.124. The number of hydrogen-bond acceptors (Lipinski definition) is 6. The van der Waals surface area contributed by atoms with Gasteiger partial charge in [-0.3, -0.25) is 0 Å². The predicted molar refractivity (Wildman–Crippen MR) is 72.5 cm³/mol. The second-order valence-corrected chi connectivity index (χ2v) is 5.05. The summed E-state index contributed by atoms with van der Waals surface area (Å²) in [6.07, 6.45) is 4.10. The van der Waals surface area contributed by atoms with Crippen LogP contribution >= 0.6 is 11.6 Å². The van der Waals surface area contributed by atoms with E-state index in [2.05, 4.69) is 20.3 Å². The van der Waals surface area contributed by atoms with E-state index >= 15 is 0 Å². The molecule has 6 nitrogen and oxygen atoms in total. The molecule has 0 amide bonds. The number of anilines is 1. The first-order valence-electron chi connectivity index (χ1n) is 6.66. The van der Waals surface area contributed by atoms with Gasteiger partial charge >= 0.3 is 6.01 Å².